The number of rotatable bonds is 4. The fourth-order valence-corrected chi connectivity index (χ4v) is 1.64. The number of hydrogen-bond acceptors (Lipinski definition) is 1. The van der Waals surface area contributed by atoms with E-state index in [1.807, 2.05) is 0 Å². The third-order valence-corrected chi connectivity index (χ3v) is 2.71. The lowest BCUT2D eigenvalue weighted by Gasteiger charge is -2.22. The van der Waals surface area contributed by atoms with E-state index < -0.39 is 0 Å². The maximum atomic E-state index is 5.29. The van der Waals surface area contributed by atoms with Gasteiger partial charge in [-0.15, -0.1) is 6.42 Å². The Kier molecular flexibility index (Phi) is 4.39. The lowest BCUT2D eigenvalue weighted by Crippen LogP contribution is -2.31. The van der Waals surface area contributed by atoms with E-state index in [0.29, 0.717) is 12.6 Å². The molecule has 0 aromatic heterocycles. The Balaban J connectivity index is 2.58. The number of hydrogen-bond donors (Lipinski definition) is 0. The molecule has 0 fully saturated rings. The minimum Gasteiger partial charge on any atom is -0.292 e. The van der Waals surface area contributed by atoms with Crippen molar-refractivity contribution in [1.29, 1.82) is 0 Å². The zero-order chi connectivity index (χ0) is 11.3. The molecule has 1 aromatic carbocycles. The summed E-state index contributed by atoms with van der Waals surface area (Å²) in [4.78, 5) is 2.20. The molecule has 0 radical (unpaired) electrons. The normalized spacial score (nSPS) is 12.5. The van der Waals surface area contributed by atoms with Crippen molar-refractivity contribution in [3.8, 4) is 12.3 Å². The largest absolute Gasteiger partial charge is 0.292 e. The zero-order valence-electron chi connectivity index (χ0n) is 9.83. The van der Waals surface area contributed by atoms with Crippen LogP contribution in [0.3, 0.4) is 0 Å². The molecule has 0 aliphatic rings. The molecule has 0 amide bonds. The summed E-state index contributed by atoms with van der Waals surface area (Å²) in [6, 6.07) is 9.13. The number of likely N-dealkylation sites (N-methyl/N-ethyl adjacent to an activating group) is 1. The van der Waals surface area contributed by atoms with Gasteiger partial charge in [0.05, 0.1) is 6.54 Å². The highest BCUT2D eigenvalue weighted by Crippen LogP contribution is 2.09. The molecular weight excluding hydrogens is 182 g/mol. The van der Waals surface area contributed by atoms with Gasteiger partial charge < -0.3 is 0 Å². The fourth-order valence-electron chi connectivity index (χ4n) is 1.64. The van der Waals surface area contributed by atoms with Crippen molar-refractivity contribution in [2.75, 3.05) is 13.6 Å². The summed E-state index contributed by atoms with van der Waals surface area (Å²) >= 11 is 0. The van der Waals surface area contributed by atoms with Gasteiger partial charge in [0.1, 0.15) is 0 Å². The van der Waals surface area contributed by atoms with Crippen LogP contribution in [0.15, 0.2) is 24.3 Å². The maximum Gasteiger partial charge on any atom is 0.0598 e. The van der Waals surface area contributed by atoms with Crippen LogP contribution in [0.25, 0.3) is 0 Å². The molecule has 1 atom stereocenters. The topological polar surface area (TPSA) is 3.24 Å². The molecule has 0 aliphatic heterocycles. The molecule has 1 nitrogen and oxygen atoms in total. The van der Waals surface area contributed by atoms with E-state index in [1.54, 1.807) is 0 Å². The zero-order valence-corrected chi connectivity index (χ0v) is 9.83. The molecule has 0 aliphatic carbocycles. The van der Waals surface area contributed by atoms with Crippen LogP contribution in [0.1, 0.15) is 18.1 Å². The fraction of sp³-hybridized carbons (Fsp3) is 0.429. The highest BCUT2D eigenvalue weighted by atomic mass is 15.1. The van der Waals surface area contributed by atoms with Crippen molar-refractivity contribution in [3.63, 3.8) is 0 Å². The lowest BCUT2D eigenvalue weighted by atomic mass is 10.0. The van der Waals surface area contributed by atoms with Crippen LogP contribution < -0.4 is 0 Å². The van der Waals surface area contributed by atoms with Crippen LogP contribution >= 0.6 is 0 Å². The molecular formula is C14H19N. The molecule has 0 heterocycles. The molecule has 0 saturated heterocycles. The average Bonchev–Trinajstić information content (AvgIpc) is 2.18. The third-order valence-electron chi connectivity index (χ3n) is 2.71. The second-order valence-electron chi connectivity index (χ2n) is 4.16. The molecule has 1 heteroatoms. The van der Waals surface area contributed by atoms with E-state index in [1.165, 1.54) is 11.1 Å². The Morgan fingerprint density at radius 3 is 2.80 bits per heavy atom. The molecule has 0 spiro atoms. The van der Waals surface area contributed by atoms with Gasteiger partial charge in [-0.2, -0.15) is 0 Å². The predicted molar refractivity (Wildman–Crippen MR) is 65.8 cm³/mol. The van der Waals surface area contributed by atoms with Crippen LogP contribution in [0, 0.1) is 19.3 Å². The molecule has 15 heavy (non-hydrogen) atoms. The molecule has 0 unspecified atom stereocenters. The Bertz CT molecular complexity index is 349. The van der Waals surface area contributed by atoms with Gasteiger partial charge in [-0.3, -0.25) is 4.90 Å². The predicted octanol–water partition coefficient (Wildman–Crippen LogP) is 2.49. The van der Waals surface area contributed by atoms with Crippen LogP contribution in [-0.2, 0) is 6.42 Å². The van der Waals surface area contributed by atoms with Crippen LogP contribution in [0.5, 0.6) is 0 Å². The first-order valence-electron chi connectivity index (χ1n) is 5.32. The molecule has 1 aromatic rings. The van der Waals surface area contributed by atoms with Gasteiger partial charge in [-0.25, -0.2) is 0 Å². The summed E-state index contributed by atoms with van der Waals surface area (Å²) in [5.74, 6) is 2.67. The summed E-state index contributed by atoms with van der Waals surface area (Å²) in [5, 5.41) is 0. The van der Waals surface area contributed by atoms with E-state index >= 15 is 0 Å². The summed E-state index contributed by atoms with van der Waals surface area (Å²) in [6.45, 7) is 5.05. The van der Waals surface area contributed by atoms with Crippen molar-refractivity contribution in [1.82, 2.24) is 4.90 Å². The Hall–Kier alpha value is -1.26. The quantitative estimate of drug-likeness (QED) is 0.676. The van der Waals surface area contributed by atoms with Crippen molar-refractivity contribution in [2.24, 2.45) is 0 Å². The van der Waals surface area contributed by atoms with Crippen molar-refractivity contribution in [2.45, 2.75) is 26.3 Å². The minimum atomic E-state index is 0.489. The smallest absolute Gasteiger partial charge is 0.0598 e. The van der Waals surface area contributed by atoms with E-state index in [2.05, 4.69) is 56.0 Å². The van der Waals surface area contributed by atoms with Gasteiger partial charge >= 0.3 is 0 Å². The lowest BCUT2D eigenvalue weighted by molar-refractivity contribution is 0.287. The van der Waals surface area contributed by atoms with Crippen molar-refractivity contribution in [3.05, 3.63) is 35.4 Å². The average molecular weight is 201 g/mol. The minimum absolute atomic E-state index is 0.489. The van der Waals surface area contributed by atoms with Crippen molar-refractivity contribution < 1.29 is 0 Å². The monoisotopic (exact) mass is 201 g/mol. The Morgan fingerprint density at radius 1 is 1.47 bits per heavy atom. The van der Waals surface area contributed by atoms with Crippen LogP contribution in [0.2, 0.25) is 0 Å². The molecule has 0 saturated carbocycles. The summed E-state index contributed by atoms with van der Waals surface area (Å²) < 4.78 is 0. The number of nitrogens with zero attached hydrogens (tertiary/aromatic N) is 1. The van der Waals surface area contributed by atoms with Crippen LogP contribution in [-0.4, -0.2) is 24.5 Å². The van der Waals surface area contributed by atoms with E-state index in [9.17, 15) is 0 Å². The summed E-state index contributed by atoms with van der Waals surface area (Å²) in [7, 11) is 2.07. The second kappa shape index (κ2) is 5.58. The van der Waals surface area contributed by atoms with Gasteiger partial charge in [0.25, 0.3) is 0 Å². The molecule has 1 rings (SSSR count). The maximum absolute atomic E-state index is 5.29. The van der Waals surface area contributed by atoms with Crippen molar-refractivity contribution >= 4 is 0 Å². The van der Waals surface area contributed by atoms with Gasteiger partial charge in [-0.05, 0) is 32.9 Å². The van der Waals surface area contributed by atoms with E-state index in [-0.39, 0.29) is 0 Å². The number of terminal acetylenes is 1. The Morgan fingerprint density at radius 2 is 2.20 bits per heavy atom. The second-order valence-corrected chi connectivity index (χ2v) is 4.16. The highest BCUT2D eigenvalue weighted by molar-refractivity contribution is 5.22. The third kappa shape index (κ3) is 3.77. The first-order chi connectivity index (χ1) is 7.13. The standard InChI is InChI=1S/C14H19N/c1-5-9-15(4)13(3)11-14-8-6-7-12(2)10-14/h1,6-8,10,13H,9,11H2,2-4H3/t13-/m1/s1. The van der Waals surface area contributed by atoms with E-state index in [0.717, 1.165) is 6.42 Å². The van der Waals surface area contributed by atoms with Gasteiger partial charge in [0.2, 0.25) is 0 Å². The van der Waals surface area contributed by atoms with Gasteiger partial charge in [0.15, 0.2) is 0 Å². The first-order valence-corrected chi connectivity index (χ1v) is 5.32. The molecule has 0 bridgehead atoms. The van der Waals surface area contributed by atoms with Gasteiger partial charge in [-0.1, -0.05) is 35.7 Å². The SMILES string of the molecule is C#CCN(C)[C@H](C)Cc1cccc(C)c1. The first kappa shape index (κ1) is 11.8. The van der Waals surface area contributed by atoms with Gasteiger partial charge in [0, 0.05) is 6.04 Å². The Labute approximate surface area is 93.1 Å². The number of benzene rings is 1. The number of aryl methyl sites for hydroxylation is 1. The summed E-state index contributed by atoms with van der Waals surface area (Å²) in [6.07, 6.45) is 6.35. The molecule has 0 N–H and O–H groups in total. The highest BCUT2D eigenvalue weighted by Gasteiger charge is 2.08. The van der Waals surface area contributed by atoms with E-state index in [4.69, 9.17) is 6.42 Å². The molecule has 80 valence electrons. The van der Waals surface area contributed by atoms with Crippen LogP contribution in [0.4, 0.5) is 0 Å². The summed E-state index contributed by atoms with van der Waals surface area (Å²) in [5.41, 5.74) is 2.70.